The number of ether oxygens (including phenoxy) is 2. The Labute approximate surface area is 126 Å². The van der Waals surface area contributed by atoms with Crippen molar-refractivity contribution in [1.29, 1.82) is 0 Å². The summed E-state index contributed by atoms with van der Waals surface area (Å²) in [6, 6.07) is 14.2. The van der Waals surface area contributed by atoms with E-state index in [1.54, 1.807) is 7.11 Å². The molecular weight excluding hydrogens is 262 g/mol. The monoisotopic (exact) mass is 285 g/mol. The van der Waals surface area contributed by atoms with Crippen molar-refractivity contribution in [3.63, 3.8) is 0 Å². The quantitative estimate of drug-likeness (QED) is 0.841. The molecule has 0 spiro atoms. The SMILES string of the molecule is CCNCc1ccc(OC)cc1OCc1ccccc1C. The van der Waals surface area contributed by atoms with Crippen LogP contribution in [0.2, 0.25) is 0 Å². The summed E-state index contributed by atoms with van der Waals surface area (Å²) in [6.07, 6.45) is 0. The van der Waals surface area contributed by atoms with Crippen LogP contribution in [0.1, 0.15) is 23.6 Å². The predicted molar refractivity (Wildman–Crippen MR) is 85.9 cm³/mol. The van der Waals surface area contributed by atoms with E-state index in [9.17, 15) is 0 Å². The summed E-state index contributed by atoms with van der Waals surface area (Å²) in [7, 11) is 1.67. The number of nitrogens with one attached hydrogen (secondary N) is 1. The van der Waals surface area contributed by atoms with Gasteiger partial charge in [0, 0.05) is 18.2 Å². The molecule has 0 aliphatic heterocycles. The Morgan fingerprint density at radius 3 is 2.57 bits per heavy atom. The van der Waals surface area contributed by atoms with Gasteiger partial charge in [-0.05, 0) is 30.7 Å². The molecule has 3 heteroatoms. The van der Waals surface area contributed by atoms with Gasteiger partial charge in [0.1, 0.15) is 18.1 Å². The minimum absolute atomic E-state index is 0.568. The van der Waals surface area contributed by atoms with Crippen LogP contribution in [-0.2, 0) is 13.2 Å². The van der Waals surface area contributed by atoms with E-state index in [1.807, 2.05) is 24.3 Å². The van der Waals surface area contributed by atoms with E-state index in [2.05, 4.69) is 37.4 Å². The fourth-order valence-electron chi connectivity index (χ4n) is 2.13. The average Bonchev–Trinajstić information content (AvgIpc) is 2.52. The Hall–Kier alpha value is -2.00. The van der Waals surface area contributed by atoms with Crippen molar-refractivity contribution in [2.75, 3.05) is 13.7 Å². The molecule has 112 valence electrons. The molecule has 0 saturated carbocycles. The molecular formula is C18H23NO2. The van der Waals surface area contributed by atoms with Crippen LogP contribution in [0, 0.1) is 6.92 Å². The molecule has 0 bridgehead atoms. The Balaban J connectivity index is 2.14. The molecule has 0 fully saturated rings. The average molecular weight is 285 g/mol. The minimum Gasteiger partial charge on any atom is -0.497 e. The third-order valence-electron chi connectivity index (χ3n) is 3.48. The highest BCUT2D eigenvalue weighted by molar-refractivity contribution is 5.41. The van der Waals surface area contributed by atoms with Gasteiger partial charge in [-0.1, -0.05) is 37.3 Å². The van der Waals surface area contributed by atoms with Gasteiger partial charge in [0.05, 0.1) is 7.11 Å². The summed E-state index contributed by atoms with van der Waals surface area (Å²) in [4.78, 5) is 0. The Morgan fingerprint density at radius 2 is 1.86 bits per heavy atom. The first-order chi connectivity index (χ1) is 10.2. The smallest absolute Gasteiger partial charge is 0.127 e. The van der Waals surface area contributed by atoms with E-state index in [0.717, 1.165) is 30.2 Å². The van der Waals surface area contributed by atoms with Crippen LogP contribution >= 0.6 is 0 Å². The van der Waals surface area contributed by atoms with Gasteiger partial charge in [-0.2, -0.15) is 0 Å². The first-order valence-electron chi connectivity index (χ1n) is 7.29. The van der Waals surface area contributed by atoms with Crippen LogP contribution in [0.5, 0.6) is 11.5 Å². The third-order valence-corrected chi connectivity index (χ3v) is 3.48. The van der Waals surface area contributed by atoms with E-state index in [0.29, 0.717) is 6.61 Å². The highest BCUT2D eigenvalue weighted by Crippen LogP contribution is 2.26. The molecule has 21 heavy (non-hydrogen) atoms. The van der Waals surface area contributed by atoms with E-state index in [4.69, 9.17) is 9.47 Å². The van der Waals surface area contributed by atoms with Crippen molar-refractivity contribution in [3.8, 4) is 11.5 Å². The van der Waals surface area contributed by atoms with Gasteiger partial charge >= 0.3 is 0 Å². The lowest BCUT2D eigenvalue weighted by Crippen LogP contribution is -2.13. The van der Waals surface area contributed by atoms with Gasteiger partial charge in [0.2, 0.25) is 0 Å². The summed E-state index contributed by atoms with van der Waals surface area (Å²) in [6.45, 7) is 6.49. The lowest BCUT2D eigenvalue weighted by Gasteiger charge is -2.14. The number of aryl methyl sites for hydroxylation is 1. The lowest BCUT2D eigenvalue weighted by molar-refractivity contribution is 0.299. The molecule has 1 N–H and O–H groups in total. The van der Waals surface area contributed by atoms with Gasteiger partial charge in [0.25, 0.3) is 0 Å². The van der Waals surface area contributed by atoms with Crippen LogP contribution < -0.4 is 14.8 Å². The fraction of sp³-hybridized carbons (Fsp3) is 0.333. The number of hydrogen-bond acceptors (Lipinski definition) is 3. The number of rotatable bonds is 7. The normalized spacial score (nSPS) is 10.4. The maximum atomic E-state index is 6.02. The summed E-state index contributed by atoms with van der Waals surface area (Å²) in [5, 5.41) is 3.33. The zero-order valence-corrected chi connectivity index (χ0v) is 13.0. The van der Waals surface area contributed by atoms with Crippen molar-refractivity contribution in [3.05, 3.63) is 59.2 Å². The molecule has 3 nitrogen and oxygen atoms in total. The standard InChI is InChI=1S/C18H23NO2/c1-4-19-12-15-9-10-17(20-3)11-18(15)21-13-16-8-6-5-7-14(16)2/h5-11,19H,4,12-13H2,1-3H3. The van der Waals surface area contributed by atoms with Crippen LogP contribution in [0.4, 0.5) is 0 Å². The predicted octanol–water partition coefficient (Wildman–Crippen LogP) is 3.69. The van der Waals surface area contributed by atoms with Crippen LogP contribution in [0.15, 0.2) is 42.5 Å². The maximum absolute atomic E-state index is 6.02. The highest BCUT2D eigenvalue weighted by atomic mass is 16.5. The first kappa shape index (κ1) is 15.4. The minimum atomic E-state index is 0.568. The molecule has 0 heterocycles. The molecule has 0 aromatic heterocycles. The summed E-state index contributed by atoms with van der Waals surface area (Å²) in [5.41, 5.74) is 3.59. The molecule has 2 aromatic carbocycles. The summed E-state index contributed by atoms with van der Waals surface area (Å²) in [5.74, 6) is 1.69. The van der Waals surface area contributed by atoms with E-state index in [1.165, 1.54) is 11.1 Å². The zero-order chi connectivity index (χ0) is 15.1. The molecule has 0 amide bonds. The van der Waals surface area contributed by atoms with Gasteiger partial charge in [0.15, 0.2) is 0 Å². The lowest BCUT2D eigenvalue weighted by atomic mass is 10.1. The van der Waals surface area contributed by atoms with Crippen molar-refractivity contribution >= 4 is 0 Å². The van der Waals surface area contributed by atoms with Crippen molar-refractivity contribution in [2.24, 2.45) is 0 Å². The summed E-state index contributed by atoms with van der Waals surface area (Å²) >= 11 is 0. The van der Waals surface area contributed by atoms with Gasteiger partial charge in [-0.25, -0.2) is 0 Å². The fourth-order valence-corrected chi connectivity index (χ4v) is 2.13. The molecule has 0 radical (unpaired) electrons. The highest BCUT2D eigenvalue weighted by Gasteiger charge is 2.07. The van der Waals surface area contributed by atoms with Gasteiger partial charge < -0.3 is 14.8 Å². The molecule has 0 aliphatic rings. The van der Waals surface area contributed by atoms with Crippen molar-refractivity contribution in [1.82, 2.24) is 5.32 Å². The van der Waals surface area contributed by atoms with Crippen LogP contribution in [-0.4, -0.2) is 13.7 Å². The third kappa shape index (κ3) is 4.23. The number of benzene rings is 2. The molecule has 2 rings (SSSR count). The maximum Gasteiger partial charge on any atom is 0.127 e. The molecule has 0 atom stereocenters. The second-order valence-corrected chi connectivity index (χ2v) is 4.97. The van der Waals surface area contributed by atoms with Crippen LogP contribution in [0.3, 0.4) is 0 Å². The number of hydrogen-bond donors (Lipinski definition) is 1. The summed E-state index contributed by atoms with van der Waals surface area (Å²) < 4.78 is 11.3. The molecule has 0 unspecified atom stereocenters. The van der Waals surface area contributed by atoms with E-state index in [-0.39, 0.29) is 0 Å². The van der Waals surface area contributed by atoms with E-state index < -0.39 is 0 Å². The molecule has 0 saturated heterocycles. The Morgan fingerprint density at radius 1 is 1.05 bits per heavy atom. The Bertz CT molecular complexity index is 581. The van der Waals surface area contributed by atoms with Crippen molar-refractivity contribution < 1.29 is 9.47 Å². The van der Waals surface area contributed by atoms with Crippen molar-refractivity contribution in [2.45, 2.75) is 27.0 Å². The van der Waals surface area contributed by atoms with Gasteiger partial charge in [-0.15, -0.1) is 0 Å². The molecule has 2 aromatic rings. The number of methoxy groups -OCH3 is 1. The zero-order valence-electron chi connectivity index (χ0n) is 13.0. The van der Waals surface area contributed by atoms with E-state index >= 15 is 0 Å². The molecule has 0 aliphatic carbocycles. The first-order valence-corrected chi connectivity index (χ1v) is 7.29. The second kappa shape index (κ2) is 7.70. The topological polar surface area (TPSA) is 30.5 Å². The Kier molecular flexibility index (Phi) is 5.64. The van der Waals surface area contributed by atoms with Crippen LogP contribution in [0.25, 0.3) is 0 Å². The van der Waals surface area contributed by atoms with Gasteiger partial charge in [-0.3, -0.25) is 0 Å². The second-order valence-electron chi connectivity index (χ2n) is 4.97. The largest absolute Gasteiger partial charge is 0.497 e.